The fraction of sp³-hybridized carbons (Fsp3) is 0.538. The third-order valence-electron chi connectivity index (χ3n) is 3.71. The van der Waals surface area contributed by atoms with E-state index in [1.54, 1.807) is 13.2 Å². The lowest BCUT2D eigenvalue weighted by Crippen LogP contribution is -2.57. The molecular weight excluding hydrogens is 230 g/mol. The van der Waals surface area contributed by atoms with Crippen molar-refractivity contribution in [1.29, 1.82) is 0 Å². The molecule has 0 aliphatic carbocycles. The molecular formula is C13H19N3O2. The average Bonchev–Trinajstić information content (AvgIpc) is 2.41. The Morgan fingerprint density at radius 2 is 2.22 bits per heavy atom. The van der Waals surface area contributed by atoms with E-state index in [0.29, 0.717) is 12.8 Å². The quantitative estimate of drug-likeness (QED) is 0.823. The minimum atomic E-state index is -0.749. The molecule has 0 atom stereocenters. The van der Waals surface area contributed by atoms with E-state index in [1.807, 2.05) is 18.2 Å². The van der Waals surface area contributed by atoms with Gasteiger partial charge in [-0.3, -0.25) is 14.7 Å². The van der Waals surface area contributed by atoms with Crippen LogP contribution in [0.15, 0.2) is 24.4 Å². The van der Waals surface area contributed by atoms with Gasteiger partial charge in [-0.15, -0.1) is 0 Å². The van der Waals surface area contributed by atoms with Crippen molar-refractivity contribution in [3.8, 4) is 0 Å². The lowest BCUT2D eigenvalue weighted by molar-refractivity contribution is -0.146. The summed E-state index contributed by atoms with van der Waals surface area (Å²) in [5.41, 5.74) is 0.283. The molecule has 1 aliphatic heterocycles. The molecule has 0 aromatic carbocycles. The second kappa shape index (κ2) is 5.46. The van der Waals surface area contributed by atoms with Crippen LogP contribution in [-0.4, -0.2) is 46.6 Å². The second-order valence-corrected chi connectivity index (χ2v) is 4.73. The van der Waals surface area contributed by atoms with Crippen LogP contribution in [0.25, 0.3) is 0 Å². The van der Waals surface area contributed by atoms with Crippen molar-refractivity contribution >= 4 is 5.97 Å². The molecule has 0 unspecified atom stereocenters. The molecule has 5 heteroatoms. The zero-order valence-corrected chi connectivity index (χ0v) is 10.6. The van der Waals surface area contributed by atoms with Gasteiger partial charge >= 0.3 is 5.97 Å². The molecule has 0 bridgehead atoms. The van der Waals surface area contributed by atoms with E-state index in [-0.39, 0.29) is 0 Å². The first-order chi connectivity index (χ1) is 8.66. The summed E-state index contributed by atoms with van der Waals surface area (Å²) >= 11 is 0. The molecule has 98 valence electrons. The Kier molecular flexibility index (Phi) is 3.93. The highest BCUT2D eigenvalue weighted by molar-refractivity contribution is 5.78. The number of aliphatic carboxylic acids is 1. The van der Waals surface area contributed by atoms with Crippen molar-refractivity contribution < 1.29 is 9.90 Å². The number of rotatable bonds is 4. The third kappa shape index (κ3) is 2.68. The number of piperidine rings is 1. The predicted octanol–water partition coefficient (Wildman–Crippen LogP) is 0.720. The molecule has 1 fully saturated rings. The van der Waals surface area contributed by atoms with Crippen LogP contribution in [0.2, 0.25) is 0 Å². The number of hydrogen-bond donors (Lipinski definition) is 2. The van der Waals surface area contributed by atoms with Crippen LogP contribution in [0.3, 0.4) is 0 Å². The van der Waals surface area contributed by atoms with Crippen molar-refractivity contribution in [3.63, 3.8) is 0 Å². The number of aromatic nitrogens is 1. The number of nitrogens with zero attached hydrogens (tertiary/aromatic N) is 2. The van der Waals surface area contributed by atoms with Gasteiger partial charge in [0.25, 0.3) is 0 Å². The Bertz CT molecular complexity index is 400. The summed E-state index contributed by atoms with van der Waals surface area (Å²) in [6.45, 7) is 2.35. The van der Waals surface area contributed by atoms with Crippen molar-refractivity contribution in [2.45, 2.75) is 24.9 Å². The number of carbonyl (C=O) groups is 1. The van der Waals surface area contributed by atoms with Crippen molar-refractivity contribution in [3.05, 3.63) is 30.1 Å². The number of carboxylic acid groups (broad SMARTS) is 1. The number of pyridine rings is 1. The monoisotopic (exact) mass is 249 g/mol. The van der Waals surface area contributed by atoms with E-state index in [4.69, 9.17) is 0 Å². The summed E-state index contributed by atoms with van der Waals surface area (Å²) in [5.74, 6) is -0.748. The topological polar surface area (TPSA) is 65.5 Å². The van der Waals surface area contributed by atoms with Gasteiger partial charge in [0.1, 0.15) is 5.54 Å². The third-order valence-corrected chi connectivity index (χ3v) is 3.71. The van der Waals surface area contributed by atoms with E-state index in [2.05, 4.69) is 15.2 Å². The van der Waals surface area contributed by atoms with Gasteiger partial charge in [-0.2, -0.15) is 0 Å². The highest BCUT2D eigenvalue weighted by atomic mass is 16.4. The summed E-state index contributed by atoms with van der Waals surface area (Å²) in [4.78, 5) is 17.8. The molecule has 1 aliphatic rings. The van der Waals surface area contributed by atoms with E-state index < -0.39 is 11.5 Å². The maximum absolute atomic E-state index is 11.3. The first-order valence-electron chi connectivity index (χ1n) is 6.21. The van der Waals surface area contributed by atoms with Gasteiger partial charge < -0.3 is 10.4 Å². The number of carboxylic acids is 1. The largest absolute Gasteiger partial charge is 0.480 e. The number of hydrogen-bond acceptors (Lipinski definition) is 4. The predicted molar refractivity (Wildman–Crippen MR) is 68.2 cm³/mol. The first-order valence-corrected chi connectivity index (χ1v) is 6.21. The van der Waals surface area contributed by atoms with Crippen LogP contribution in [0, 0.1) is 0 Å². The molecule has 1 saturated heterocycles. The molecule has 0 saturated carbocycles. The summed E-state index contributed by atoms with van der Waals surface area (Å²) in [7, 11) is 1.72. The second-order valence-electron chi connectivity index (χ2n) is 4.73. The fourth-order valence-corrected chi connectivity index (χ4v) is 2.38. The molecule has 1 aromatic heterocycles. The summed E-state index contributed by atoms with van der Waals surface area (Å²) in [5, 5.41) is 12.2. The van der Waals surface area contributed by atoms with Gasteiger partial charge in [0, 0.05) is 25.8 Å². The van der Waals surface area contributed by atoms with Gasteiger partial charge in [0.05, 0.1) is 5.69 Å². The Labute approximate surface area is 107 Å². The van der Waals surface area contributed by atoms with E-state index in [9.17, 15) is 9.90 Å². The Morgan fingerprint density at radius 1 is 1.50 bits per heavy atom. The van der Waals surface area contributed by atoms with Crippen LogP contribution in [0.4, 0.5) is 0 Å². The lowest BCUT2D eigenvalue weighted by Gasteiger charge is -2.38. The first kappa shape index (κ1) is 13.0. The van der Waals surface area contributed by atoms with Gasteiger partial charge in [0.2, 0.25) is 0 Å². The molecule has 2 rings (SSSR count). The van der Waals surface area contributed by atoms with Crippen molar-refractivity contribution in [2.24, 2.45) is 0 Å². The lowest BCUT2D eigenvalue weighted by atomic mass is 9.87. The van der Waals surface area contributed by atoms with Gasteiger partial charge in [-0.05, 0) is 32.0 Å². The standard InChI is InChI=1S/C13H19N3O2/c1-14-13(12(17)18)5-8-16(9-6-13)10-11-4-2-3-7-15-11/h2-4,7,14H,5-6,8-10H2,1H3,(H,17,18). The molecule has 2 N–H and O–H groups in total. The zero-order chi connectivity index (χ0) is 13.0. The van der Waals surface area contributed by atoms with Crippen LogP contribution >= 0.6 is 0 Å². The highest BCUT2D eigenvalue weighted by Crippen LogP contribution is 2.23. The molecule has 5 nitrogen and oxygen atoms in total. The number of likely N-dealkylation sites (N-methyl/N-ethyl adjacent to an activating group) is 1. The smallest absolute Gasteiger partial charge is 0.323 e. The van der Waals surface area contributed by atoms with Crippen molar-refractivity contribution in [2.75, 3.05) is 20.1 Å². The highest BCUT2D eigenvalue weighted by Gasteiger charge is 2.39. The van der Waals surface area contributed by atoms with Crippen molar-refractivity contribution in [1.82, 2.24) is 15.2 Å². The van der Waals surface area contributed by atoms with Crippen LogP contribution in [-0.2, 0) is 11.3 Å². The molecule has 18 heavy (non-hydrogen) atoms. The number of nitrogens with one attached hydrogen (secondary N) is 1. The minimum absolute atomic E-state index is 0.631. The normalized spacial score (nSPS) is 19.6. The number of likely N-dealkylation sites (tertiary alicyclic amines) is 1. The van der Waals surface area contributed by atoms with Gasteiger partial charge in [-0.25, -0.2) is 0 Å². The minimum Gasteiger partial charge on any atom is -0.480 e. The fourth-order valence-electron chi connectivity index (χ4n) is 2.38. The average molecular weight is 249 g/mol. The molecule has 2 heterocycles. The van der Waals surface area contributed by atoms with E-state index in [1.165, 1.54) is 0 Å². The van der Waals surface area contributed by atoms with Crippen LogP contribution < -0.4 is 5.32 Å². The SMILES string of the molecule is CNC1(C(=O)O)CCN(Cc2ccccn2)CC1. The van der Waals surface area contributed by atoms with Crippen LogP contribution in [0.5, 0.6) is 0 Å². The Hall–Kier alpha value is -1.46. The Balaban J connectivity index is 1.93. The summed E-state index contributed by atoms with van der Waals surface area (Å²) in [6.07, 6.45) is 3.05. The van der Waals surface area contributed by atoms with Crippen LogP contribution in [0.1, 0.15) is 18.5 Å². The Morgan fingerprint density at radius 3 is 2.72 bits per heavy atom. The molecule has 0 spiro atoms. The maximum atomic E-state index is 11.3. The van der Waals surface area contributed by atoms with E-state index in [0.717, 1.165) is 25.3 Å². The van der Waals surface area contributed by atoms with E-state index >= 15 is 0 Å². The van der Waals surface area contributed by atoms with Gasteiger partial charge in [-0.1, -0.05) is 6.07 Å². The summed E-state index contributed by atoms with van der Waals surface area (Å²) < 4.78 is 0. The molecule has 0 amide bonds. The zero-order valence-electron chi connectivity index (χ0n) is 10.6. The molecule has 0 radical (unpaired) electrons. The summed E-state index contributed by atoms with van der Waals surface area (Å²) in [6, 6.07) is 5.87. The molecule has 1 aromatic rings. The van der Waals surface area contributed by atoms with Gasteiger partial charge in [0.15, 0.2) is 0 Å². The maximum Gasteiger partial charge on any atom is 0.323 e.